The molecule has 2 nitrogen and oxygen atoms in total. The Hall–Kier alpha value is -1.54. The number of aliphatic hydroxyl groups is 1. The molecule has 2 aromatic carbocycles. The van der Waals surface area contributed by atoms with E-state index >= 15 is 0 Å². The topological polar surface area (TPSA) is 29.5 Å². The lowest BCUT2D eigenvalue weighted by Crippen LogP contribution is -2.03. The summed E-state index contributed by atoms with van der Waals surface area (Å²) < 4.78 is 5.45. The average Bonchev–Trinajstić information content (AvgIpc) is 3.27. The predicted octanol–water partition coefficient (Wildman–Crippen LogP) is 4.32. The highest BCUT2D eigenvalue weighted by Gasteiger charge is 2.54. The third-order valence-corrected chi connectivity index (χ3v) is 5.54. The van der Waals surface area contributed by atoms with Gasteiger partial charge in [-0.25, -0.2) is 0 Å². The number of benzene rings is 2. The fraction of sp³-hybridized carbons (Fsp3) is 0.474. The maximum atomic E-state index is 10.9. The summed E-state index contributed by atoms with van der Waals surface area (Å²) in [5.41, 5.74) is 1.07. The summed E-state index contributed by atoms with van der Waals surface area (Å²) in [5.74, 6) is 2.88. The van der Waals surface area contributed by atoms with Gasteiger partial charge in [0.05, 0.1) is 13.2 Å². The van der Waals surface area contributed by atoms with E-state index in [9.17, 15) is 5.11 Å². The Morgan fingerprint density at radius 2 is 1.67 bits per heavy atom. The molecule has 2 aliphatic carbocycles. The van der Waals surface area contributed by atoms with Crippen molar-refractivity contribution in [1.29, 1.82) is 0 Å². The Morgan fingerprint density at radius 3 is 2.33 bits per heavy atom. The van der Waals surface area contributed by atoms with Crippen LogP contribution < -0.4 is 4.74 Å². The molecule has 0 bridgehead atoms. The molecule has 21 heavy (non-hydrogen) atoms. The first-order valence-electron chi connectivity index (χ1n) is 8.05. The molecule has 0 aromatic heterocycles. The second-order valence-electron chi connectivity index (χ2n) is 6.54. The van der Waals surface area contributed by atoms with Crippen molar-refractivity contribution in [3.63, 3.8) is 0 Å². The van der Waals surface area contributed by atoms with E-state index in [2.05, 4.69) is 18.2 Å². The van der Waals surface area contributed by atoms with E-state index < -0.39 is 0 Å². The maximum Gasteiger partial charge on any atom is 0.126 e. The van der Waals surface area contributed by atoms with E-state index in [4.69, 9.17) is 4.74 Å². The van der Waals surface area contributed by atoms with Crippen molar-refractivity contribution in [3.8, 4) is 5.75 Å². The van der Waals surface area contributed by atoms with Crippen LogP contribution in [0.2, 0.25) is 0 Å². The molecule has 110 valence electrons. The van der Waals surface area contributed by atoms with Crippen LogP contribution >= 0.6 is 0 Å². The molecule has 0 saturated heterocycles. The first-order valence-corrected chi connectivity index (χ1v) is 8.05. The largest absolute Gasteiger partial charge is 0.496 e. The monoisotopic (exact) mass is 282 g/mol. The lowest BCUT2D eigenvalue weighted by Gasteiger charge is -2.16. The molecule has 2 saturated carbocycles. The molecule has 4 rings (SSSR count). The van der Waals surface area contributed by atoms with Crippen LogP contribution in [-0.2, 0) is 0 Å². The zero-order valence-corrected chi connectivity index (χ0v) is 12.5. The van der Waals surface area contributed by atoms with Crippen LogP contribution in [-0.4, -0.2) is 12.2 Å². The van der Waals surface area contributed by atoms with Gasteiger partial charge in [0.1, 0.15) is 5.75 Å². The first-order chi connectivity index (χ1) is 10.3. The van der Waals surface area contributed by atoms with E-state index in [1.807, 2.05) is 18.2 Å². The molecular formula is C19H22O2. The maximum absolute atomic E-state index is 10.9. The van der Waals surface area contributed by atoms with Crippen molar-refractivity contribution in [1.82, 2.24) is 0 Å². The first kappa shape index (κ1) is 13.1. The molecule has 2 aliphatic rings. The molecule has 0 spiro atoms. The highest BCUT2D eigenvalue weighted by atomic mass is 16.5. The van der Waals surface area contributed by atoms with Gasteiger partial charge in [0.25, 0.3) is 0 Å². The SMILES string of the molecule is COc1ccc(C(O)C2C3CCCCC32)c2ccccc12. The number of aliphatic hydroxyl groups excluding tert-OH is 1. The second-order valence-corrected chi connectivity index (χ2v) is 6.54. The van der Waals surface area contributed by atoms with Crippen molar-refractivity contribution in [2.24, 2.45) is 17.8 Å². The Labute approximate surface area is 125 Å². The highest BCUT2D eigenvalue weighted by Crippen LogP contribution is 2.60. The van der Waals surface area contributed by atoms with Crippen molar-refractivity contribution in [3.05, 3.63) is 42.0 Å². The zero-order chi connectivity index (χ0) is 14.4. The second kappa shape index (κ2) is 5.03. The summed E-state index contributed by atoms with van der Waals surface area (Å²) in [6.07, 6.45) is 4.97. The smallest absolute Gasteiger partial charge is 0.126 e. The average molecular weight is 282 g/mol. The highest BCUT2D eigenvalue weighted by molar-refractivity contribution is 5.91. The van der Waals surface area contributed by atoms with E-state index in [1.165, 1.54) is 25.7 Å². The van der Waals surface area contributed by atoms with Gasteiger partial charge in [-0.1, -0.05) is 43.2 Å². The van der Waals surface area contributed by atoms with Crippen LogP contribution in [0.1, 0.15) is 37.4 Å². The van der Waals surface area contributed by atoms with Crippen LogP contribution in [0.25, 0.3) is 10.8 Å². The van der Waals surface area contributed by atoms with Gasteiger partial charge < -0.3 is 9.84 Å². The summed E-state index contributed by atoms with van der Waals surface area (Å²) in [7, 11) is 1.70. The summed E-state index contributed by atoms with van der Waals surface area (Å²) in [4.78, 5) is 0. The van der Waals surface area contributed by atoms with E-state index in [0.29, 0.717) is 5.92 Å². The van der Waals surface area contributed by atoms with Gasteiger partial charge in [-0.05, 0) is 47.6 Å². The molecule has 2 heteroatoms. The third-order valence-electron chi connectivity index (χ3n) is 5.54. The van der Waals surface area contributed by atoms with Crippen LogP contribution in [0.3, 0.4) is 0 Å². The van der Waals surface area contributed by atoms with E-state index in [0.717, 1.165) is 33.9 Å². The minimum absolute atomic E-state index is 0.325. The number of rotatable bonds is 3. The van der Waals surface area contributed by atoms with Gasteiger partial charge in [-0.3, -0.25) is 0 Å². The zero-order valence-electron chi connectivity index (χ0n) is 12.5. The van der Waals surface area contributed by atoms with Crippen LogP contribution in [0, 0.1) is 17.8 Å². The number of hydrogen-bond donors (Lipinski definition) is 1. The minimum atomic E-state index is -0.325. The molecule has 2 aromatic rings. The predicted molar refractivity (Wildman–Crippen MR) is 84.4 cm³/mol. The Kier molecular flexibility index (Phi) is 3.15. The van der Waals surface area contributed by atoms with Gasteiger partial charge in [0.15, 0.2) is 0 Å². The Balaban J connectivity index is 1.73. The number of ether oxygens (including phenoxy) is 1. The summed E-state index contributed by atoms with van der Waals surface area (Å²) in [6, 6.07) is 12.3. The quantitative estimate of drug-likeness (QED) is 0.908. The standard InChI is InChI=1S/C19H22O2/c1-21-17-11-10-16(12-6-2-3-7-13(12)17)19(20)18-14-8-4-5-9-15(14)18/h2-3,6-7,10-11,14-15,18-20H,4-5,8-9H2,1H3. The summed E-state index contributed by atoms with van der Waals surface area (Å²) >= 11 is 0. The van der Waals surface area contributed by atoms with Crippen LogP contribution in [0.4, 0.5) is 0 Å². The molecule has 3 unspecified atom stereocenters. The fourth-order valence-corrected chi connectivity index (χ4v) is 4.45. The van der Waals surface area contributed by atoms with Gasteiger partial charge in [0, 0.05) is 5.39 Å². The van der Waals surface area contributed by atoms with Crippen molar-refractivity contribution >= 4 is 10.8 Å². The molecule has 0 heterocycles. The summed E-state index contributed by atoms with van der Waals surface area (Å²) in [5, 5.41) is 13.1. The van der Waals surface area contributed by atoms with Gasteiger partial charge in [-0.15, -0.1) is 0 Å². The minimum Gasteiger partial charge on any atom is -0.496 e. The lowest BCUT2D eigenvalue weighted by atomic mass is 9.96. The van der Waals surface area contributed by atoms with Crippen molar-refractivity contribution in [2.75, 3.05) is 7.11 Å². The molecule has 1 N–H and O–H groups in total. The normalized spacial score (nSPS) is 29.0. The molecular weight excluding hydrogens is 260 g/mol. The number of fused-ring (bicyclic) bond motifs is 2. The van der Waals surface area contributed by atoms with Crippen LogP contribution in [0.5, 0.6) is 5.75 Å². The number of hydrogen-bond acceptors (Lipinski definition) is 2. The lowest BCUT2D eigenvalue weighted by molar-refractivity contribution is 0.143. The molecule has 0 aliphatic heterocycles. The molecule has 3 atom stereocenters. The van der Waals surface area contributed by atoms with Gasteiger partial charge in [0.2, 0.25) is 0 Å². The summed E-state index contributed by atoms with van der Waals surface area (Å²) in [6.45, 7) is 0. The van der Waals surface area contributed by atoms with E-state index in [-0.39, 0.29) is 6.10 Å². The Morgan fingerprint density at radius 1 is 1.00 bits per heavy atom. The molecule has 0 amide bonds. The van der Waals surface area contributed by atoms with Crippen molar-refractivity contribution < 1.29 is 9.84 Å². The molecule has 2 fully saturated rings. The van der Waals surface area contributed by atoms with E-state index in [1.54, 1.807) is 7.11 Å². The van der Waals surface area contributed by atoms with Gasteiger partial charge in [-0.2, -0.15) is 0 Å². The number of methoxy groups -OCH3 is 1. The van der Waals surface area contributed by atoms with Crippen molar-refractivity contribution in [2.45, 2.75) is 31.8 Å². The molecule has 0 radical (unpaired) electrons. The Bertz CT molecular complexity index is 652. The van der Waals surface area contributed by atoms with Gasteiger partial charge >= 0.3 is 0 Å². The fourth-order valence-electron chi connectivity index (χ4n) is 4.45. The van der Waals surface area contributed by atoms with Crippen LogP contribution in [0.15, 0.2) is 36.4 Å². The third kappa shape index (κ3) is 2.04.